The van der Waals surface area contributed by atoms with Crippen molar-refractivity contribution in [2.24, 2.45) is 0 Å². The molecule has 0 aromatic rings. The van der Waals surface area contributed by atoms with E-state index >= 15 is 0 Å². The van der Waals surface area contributed by atoms with Crippen LogP contribution < -0.4 is 0 Å². The molecule has 1 nitrogen and oxygen atoms in total. The minimum atomic E-state index is 0.840. The Hall–Kier alpha value is -1.00. The van der Waals surface area contributed by atoms with Crippen LogP contribution >= 0.6 is 0 Å². The van der Waals surface area contributed by atoms with Crippen molar-refractivity contribution < 1.29 is 0 Å². The minimum Gasteiger partial charge on any atom is -0.304 e. The summed E-state index contributed by atoms with van der Waals surface area (Å²) in [5.41, 5.74) is 2.97. The van der Waals surface area contributed by atoms with Crippen LogP contribution in [0.1, 0.15) is 72.1 Å². The third-order valence-electron chi connectivity index (χ3n) is 4.02. The normalized spacial score (nSPS) is 17.3. The first kappa shape index (κ1) is 21.0. The molecule has 0 aromatic heterocycles. The maximum atomic E-state index is 5.27. The third-order valence-corrected chi connectivity index (χ3v) is 4.02. The van der Waals surface area contributed by atoms with Gasteiger partial charge in [0.1, 0.15) is 0 Å². The number of nitrogens with zero attached hydrogens (tertiary/aromatic N) is 1. The lowest BCUT2D eigenvalue weighted by molar-refractivity contribution is 0.288. The molecule has 0 aliphatic heterocycles. The van der Waals surface area contributed by atoms with Crippen LogP contribution in [0.25, 0.3) is 0 Å². The van der Waals surface area contributed by atoms with Crippen LogP contribution in [0.2, 0.25) is 0 Å². The van der Waals surface area contributed by atoms with Gasteiger partial charge in [0.2, 0.25) is 0 Å². The van der Waals surface area contributed by atoms with Crippen molar-refractivity contribution in [1.29, 1.82) is 0 Å². The molecule has 0 N–H and O–H groups in total. The lowest BCUT2D eigenvalue weighted by Gasteiger charge is -2.18. The molecule has 0 amide bonds. The molecule has 0 aromatic carbocycles. The largest absolute Gasteiger partial charge is 0.304 e. The van der Waals surface area contributed by atoms with E-state index in [0.29, 0.717) is 0 Å². The number of terminal acetylenes is 1. The topological polar surface area (TPSA) is 3.24 Å². The number of unbranched alkanes of at least 4 members (excludes halogenated alkanes) is 1. The molecule has 1 radical (unpaired) electrons. The Bertz CT molecular complexity index is 357. The SMILES string of the molecule is C#CC/C1=C/CC=C(C)CCC1.[CH2]CCN(CC)CCCC. The zero-order chi connectivity index (χ0) is 16.6. The molecule has 0 fully saturated rings. The van der Waals surface area contributed by atoms with E-state index < -0.39 is 0 Å². The van der Waals surface area contributed by atoms with E-state index in [1.165, 1.54) is 56.3 Å². The van der Waals surface area contributed by atoms with Crippen molar-refractivity contribution >= 4 is 0 Å². The maximum absolute atomic E-state index is 5.27. The Kier molecular flexibility index (Phi) is 14.2. The highest BCUT2D eigenvalue weighted by molar-refractivity contribution is 5.15. The molecular formula is C21H36N. The second-order valence-corrected chi connectivity index (χ2v) is 6.02. The van der Waals surface area contributed by atoms with Crippen LogP contribution in [0, 0.1) is 19.3 Å². The standard InChI is InChI=1S/C12H16.C9H20N/c1-3-6-12-9-4-7-11(2)8-5-10-12;1-4-7-9-10(6-3)8-5-2/h1,7,9H,4-6,8,10H2,2H3;2,4-9H2,1,3H3/b11-7?,12-9-;. The van der Waals surface area contributed by atoms with Crippen molar-refractivity contribution in [3.63, 3.8) is 0 Å². The van der Waals surface area contributed by atoms with Crippen LogP contribution in [0.5, 0.6) is 0 Å². The average molecular weight is 303 g/mol. The van der Waals surface area contributed by atoms with Crippen LogP contribution in [0.3, 0.4) is 0 Å². The lowest BCUT2D eigenvalue weighted by atomic mass is 9.98. The Morgan fingerprint density at radius 1 is 1.23 bits per heavy atom. The summed E-state index contributed by atoms with van der Waals surface area (Å²) in [7, 11) is 0. The molecule has 0 heterocycles. The van der Waals surface area contributed by atoms with E-state index in [2.05, 4.69) is 50.7 Å². The van der Waals surface area contributed by atoms with Crippen LogP contribution in [0.4, 0.5) is 0 Å². The van der Waals surface area contributed by atoms with Gasteiger partial charge in [-0.2, -0.15) is 0 Å². The molecule has 0 saturated heterocycles. The monoisotopic (exact) mass is 302 g/mol. The first-order valence-electron chi connectivity index (χ1n) is 8.96. The van der Waals surface area contributed by atoms with Crippen LogP contribution in [-0.4, -0.2) is 24.5 Å². The highest BCUT2D eigenvalue weighted by Crippen LogP contribution is 2.18. The summed E-state index contributed by atoms with van der Waals surface area (Å²) in [6, 6.07) is 0. The predicted octanol–water partition coefficient (Wildman–Crippen LogP) is 5.79. The van der Waals surface area contributed by atoms with E-state index in [1.54, 1.807) is 0 Å². The van der Waals surface area contributed by atoms with Crippen molar-refractivity contribution in [2.45, 2.75) is 72.1 Å². The molecule has 0 atom stereocenters. The Morgan fingerprint density at radius 2 is 2.00 bits per heavy atom. The molecule has 22 heavy (non-hydrogen) atoms. The van der Waals surface area contributed by atoms with Gasteiger partial charge in [0.05, 0.1) is 0 Å². The summed E-state index contributed by atoms with van der Waals surface area (Å²) >= 11 is 0. The van der Waals surface area contributed by atoms with Crippen molar-refractivity contribution in [3.8, 4) is 12.3 Å². The van der Waals surface area contributed by atoms with Crippen LogP contribution in [-0.2, 0) is 0 Å². The molecule has 0 spiro atoms. The number of hydrogen-bond donors (Lipinski definition) is 0. The smallest absolute Gasteiger partial charge is 0.0296 e. The van der Waals surface area contributed by atoms with E-state index in [0.717, 1.165) is 25.8 Å². The quantitative estimate of drug-likeness (QED) is 0.425. The highest BCUT2D eigenvalue weighted by atomic mass is 15.1. The van der Waals surface area contributed by atoms with Gasteiger partial charge in [0.25, 0.3) is 0 Å². The summed E-state index contributed by atoms with van der Waals surface area (Å²) in [6.45, 7) is 14.1. The van der Waals surface area contributed by atoms with Gasteiger partial charge in [-0.1, -0.05) is 50.5 Å². The number of allylic oxidation sites excluding steroid dienone is 4. The summed E-state index contributed by atoms with van der Waals surface area (Å²) in [6.07, 6.45) is 19.1. The summed E-state index contributed by atoms with van der Waals surface area (Å²) in [4.78, 5) is 2.45. The van der Waals surface area contributed by atoms with Gasteiger partial charge in [-0.3, -0.25) is 0 Å². The zero-order valence-corrected chi connectivity index (χ0v) is 15.2. The molecule has 1 aliphatic rings. The summed E-state index contributed by atoms with van der Waals surface area (Å²) in [5, 5.41) is 0. The van der Waals surface area contributed by atoms with Gasteiger partial charge in [-0.15, -0.1) is 12.3 Å². The van der Waals surface area contributed by atoms with E-state index in [1.807, 2.05) is 0 Å². The summed E-state index contributed by atoms with van der Waals surface area (Å²) < 4.78 is 0. The van der Waals surface area contributed by atoms with Crippen molar-refractivity contribution in [2.75, 3.05) is 19.6 Å². The second-order valence-electron chi connectivity index (χ2n) is 6.02. The van der Waals surface area contributed by atoms with Gasteiger partial charge in [-0.05, 0) is 65.1 Å². The maximum Gasteiger partial charge on any atom is 0.0296 e. The molecule has 0 saturated carbocycles. The van der Waals surface area contributed by atoms with Gasteiger partial charge >= 0.3 is 0 Å². The lowest BCUT2D eigenvalue weighted by Crippen LogP contribution is -2.25. The average Bonchev–Trinajstić information content (AvgIpc) is 2.50. The second kappa shape index (κ2) is 14.9. The number of rotatable bonds is 7. The van der Waals surface area contributed by atoms with Gasteiger partial charge in [0, 0.05) is 6.42 Å². The van der Waals surface area contributed by atoms with Gasteiger partial charge < -0.3 is 4.90 Å². The molecule has 0 bridgehead atoms. The fraction of sp³-hybridized carbons (Fsp3) is 0.667. The van der Waals surface area contributed by atoms with Crippen molar-refractivity contribution in [1.82, 2.24) is 4.90 Å². The van der Waals surface area contributed by atoms with Gasteiger partial charge in [0.15, 0.2) is 0 Å². The molecule has 1 heteroatoms. The highest BCUT2D eigenvalue weighted by Gasteiger charge is 1.99. The Labute approximate surface area is 139 Å². The number of hydrogen-bond acceptors (Lipinski definition) is 1. The van der Waals surface area contributed by atoms with Crippen molar-refractivity contribution in [3.05, 3.63) is 30.2 Å². The first-order chi connectivity index (χ1) is 10.7. The molecule has 0 unspecified atom stereocenters. The van der Waals surface area contributed by atoms with E-state index in [-0.39, 0.29) is 0 Å². The first-order valence-corrected chi connectivity index (χ1v) is 8.96. The Morgan fingerprint density at radius 3 is 2.59 bits per heavy atom. The molecule has 1 aliphatic carbocycles. The van der Waals surface area contributed by atoms with Crippen LogP contribution in [0.15, 0.2) is 23.3 Å². The molecular weight excluding hydrogens is 266 g/mol. The fourth-order valence-corrected chi connectivity index (χ4v) is 2.55. The predicted molar refractivity (Wildman–Crippen MR) is 101 cm³/mol. The minimum absolute atomic E-state index is 0.840. The van der Waals surface area contributed by atoms with E-state index in [9.17, 15) is 0 Å². The third kappa shape index (κ3) is 11.6. The molecule has 1 rings (SSSR count). The van der Waals surface area contributed by atoms with E-state index in [4.69, 9.17) is 6.42 Å². The Balaban J connectivity index is 0.000000409. The van der Waals surface area contributed by atoms with Gasteiger partial charge in [-0.25, -0.2) is 0 Å². The molecule has 125 valence electrons. The fourth-order valence-electron chi connectivity index (χ4n) is 2.55. The summed E-state index contributed by atoms with van der Waals surface area (Å²) in [5.74, 6) is 2.71. The zero-order valence-electron chi connectivity index (χ0n) is 15.2.